The Morgan fingerprint density at radius 1 is 0.571 bits per heavy atom. The summed E-state index contributed by atoms with van der Waals surface area (Å²) in [7, 11) is 0. The Labute approximate surface area is 168 Å². The lowest BCUT2D eigenvalue weighted by atomic mass is 10.1. The average molecular weight is 379 g/mol. The van der Waals surface area contributed by atoms with Gasteiger partial charge in [-0.25, -0.2) is 0 Å². The maximum absolute atomic E-state index is 4.59. The first-order valence-electron chi connectivity index (χ1n) is 9.30. The Morgan fingerprint density at radius 3 is 2.11 bits per heavy atom. The molecule has 2 nitrogen and oxygen atoms in total. The van der Waals surface area contributed by atoms with E-state index in [1.54, 1.807) is 11.8 Å². The number of nitrogens with zero attached hydrogens (tertiary/aromatic N) is 2. The van der Waals surface area contributed by atoms with Crippen LogP contribution in [0.3, 0.4) is 0 Å². The van der Waals surface area contributed by atoms with Crippen LogP contribution in [0.4, 0.5) is 0 Å². The number of fused-ring (bicyclic) bond motifs is 2. The zero-order valence-corrected chi connectivity index (χ0v) is 16.1. The van der Waals surface area contributed by atoms with Gasteiger partial charge in [-0.05, 0) is 16.3 Å². The van der Waals surface area contributed by atoms with Crippen molar-refractivity contribution in [3.05, 3.63) is 103 Å². The molecule has 0 bridgehead atoms. The molecule has 28 heavy (non-hydrogen) atoms. The van der Waals surface area contributed by atoms with Crippen LogP contribution in [0.15, 0.2) is 102 Å². The molecule has 0 aliphatic heterocycles. The lowest BCUT2D eigenvalue weighted by Gasteiger charge is -2.10. The largest absolute Gasteiger partial charge is 0.149 e. The normalized spacial score (nSPS) is 11.1. The van der Waals surface area contributed by atoms with Crippen LogP contribution in [0.25, 0.3) is 32.8 Å². The lowest BCUT2D eigenvalue weighted by Crippen LogP contribution is -1.94. The van der Waals surface area contributed by atoms with Crippen LogP contribution in [0.5, 0.6) is 0 Å². The zero-order valence-electron chi connectivity index (χ0n) is 15.2. The van der Waals surface area contributed by atoms with E-state index >= 15 is 0 Å². The van der Waals surface area contributed by atoms with Crippen LogP contribution in [0, 0.1) is 0 Å². The highest BCUT2D eigenvalue weighted by atomic mass is 32.2. The van der Waals surface area contributed by atoms with E-state index in [2.05, 4.69) is 89.1 Å². The van der Waals surface area contributed by atoms with Gasteiger partial charge >= 0.3 is 0 Å². The molecule has 1 aromatic heterocycles. The number of rotatable bonds is 4. The molecule has 0 N–H and O–H groups in total. The predicted octanol–water partition coefficient (Wildman–Crippen LogP) is 6.74. The second-order valence-electron chi connectivity index (χ2n) is 6.69. The number of benzene rings is 4. The monoisotopic (exact) mass is 378 g/mol. The fraction of sp³-hybridized carbons (Fsp3) is 0.0400. The first-order chi connectivity index (χ1) is 13.9. The molecule has 0 saturated heterocycles. The standard InChI is InChI=1S/C25H18N2S/c1-2-10-19(11-3-1)24-22-15-6-7-16-23(22)25(27-26-24)28-17-20-13-8-12-18-9-4-5-14-21(18)20/h1-16H,17H2. The van der Waals surface area contributed by atoms with Gasteiger partial charge in [-0.2, -0.15) is 0 Å². The number of aromatic nitrogens is 2. The molecule has 0 spiro atoms. The summed E-state index contributed by atoms with van der Waals surface area (Å²) < 4.78 is 0. The maximum atomic E-state index is 4.59. The third-order valence-corrected chi connectivity index (χ3v) is 5.98. The number of hydrogen-bond donors (Lipinski definition) is 0. The van der Waals surface area contributed by atoms with Crippen molar-refractivity contribution in [2.24, 2.45) is 0 Å². The van der Waals surface area contributed by atoms with Crippen LogP contribution in [-0.4, -0.2) is 10.2 Å². The van der Waals surface area contributed by atoms with Gasteiger partial charge in [0, 0.05) is 22.1 Å². The van der Waals surface area contributed by atoms with Crippen molar-refractivity contribution >= 4 is 33.3 Å². The van der Waals surface area contributed by atoms with Crippen LogP contribution in [0.2, 0.25) is 0 Å². The number of hydrogen-bond acceptors (Lipinski definition) is 3. The van der Waals surface area contributed by atoms with Crippen LogP contribution >= 0.6 is 11.8 Å². The third kappa shape index (κ3) is 3.14. The Morgan fingerprint density at radius 2 is 1.25 bits per heavy atom. The molecule has 0 saturated carbocycles. The van der Waals surface area contributed by atoms with Gasteiger partial charge in [-0.1, -0.05) is 109 Å². The summed E-state index contributed by atoms with van der Waals surface area (Å²) in [5.74, 6) is 0.866. The highest BCUT2D eigenvalue weighted by Gasteiger charge is 2.11. The fourth-order valence-electron chi connectivity index (χ4n) is 3.56. The van der Waals surface area contributed by atoms with Crippen molar-refractivity contribution < 1.29 is 0 Å². The summed E-state index contributed by atoms with van der Waals surface area (Å²) in [4.78, 5) is 0. The molecule has 0 aliphatic rings. The first kappa shape index (κ1) is 17.0. The molecule has 0 amide bonds. The van der Waals surface area contributed by atoms with Crippen molar-refractivity contribution in [3.63, 3.8) is 0 Å². The Balaban J connectivity index is 1.53. The van der Waals surface area contributed by atoms with E-state index < -0.39 is 0 Å². The highest BCUT2D eigenvalue weighted by molar-refractivity contribution is 7.98. The van der Waals surface area contributed by atoms with E-state index in [9.17, 15) is 0 Å². The minimum Gasteiger partial charge on any atom is -0.149 e. The molecule has 3 heteroatoms. The minimum absolute atomic E-state index is 0.866. The lowest BCUT2D eigenvalue weighted by molar-refractivity contribution is 0.961. The fourth-order valence-corrected chi connectivity index (χ4v) is 4.54. The molecule has 1 heterocycles. The van der Waals surface area contributed by atoms with Gasteiger partial charge in [0.2, 0.25) is 0 Å². The molecule has 4 aromatic carbocycles. The van der Waals surface area contributed by atoms with Crippen molar-refractivity contribution in [3.8, 4) is 11.3 Å². The Hall–Kier alpha value is -3.17. The molecule has 5 rings (SSSR count). The van der Waals surface area contributed by atoms with Crippen molar-refractivity contribution in [1.82, 2.24) is 10.2 Å². The van der Waals surface area contributed by atoms with Gasteiger partial charge in [-0.15, -0.1) is 10.2 Å². The molecule has 134 valence electrons. The quantitative estimate of drug-likeness (QED) is 0.324. The van der Waals surface area contributed by atoms with E-state index in [0.29, 0.717) is 0 Å². The van der Waals surface area contributed by atoms with Crippen LogP contribution < -0.4 is 0 Å². The topological polar surface area (TPSA) is 25.8 Å². The zero-order chi connectivity index (χ0) is 18.8. The smallest absolute Gasteiger partial charge is 0.127 e. The molecule has 0 atom stereocenters. The van der Waals surface area contributed by atoms with Crippen LogP contribution in [0.1, 0.15) is 5.56 Å². The average Bonchev–Trinajstić information content (AvgIpc) is 2.78. The summed E-state index contributed by atoms with van der Waals surface area (Å²) in [5, 5.41) is 15.0. The summed E-state index contributed by atoms with van der Waals surface area (Å²) in [6.45, 7) is 0. The van der Waals surface area contributed by atoms with E-state index in [4.69, 9.17) is 0 Å². The summed E-state index contributed by atoms with van der Waals surface area (Å²) in [5.41, 5.74) is 3.35. The summed E-state index contributed by atoms with van der Waals surface area (Å²) in [6.07, 6.45) is 0. The molecular weight excluding hydrogens is 360 g/mol. The first-order valence-corrected chi connectivity index (χ1v) is 10.3. The Kier molecular flexibility index (Phi) is 4.51. The highest BCUT2D eigenvalue weighted by Crippen LogP contribution is 2.34. The van der Waals surface area contributed by atoms with Gasteiger partial charge < -0.3 is 0 Å². The van der Waals surface area contributed by atoms with Crippen molar-refractivity contribution in [2.75, 3.05) is 0 Å². The predicted molar refractivity (Wildman–Crippen MR) is 118 cm³/mol. The van der Waals surface area contributed by atoms with E-state index in [1.807, 2.05) is 18.2 Å². The van der Waals surface area contributed by atoms with Crippen LogP contribution in [-0.2, 0) is 5.75 Å². The van der Waals surface area contributed by atoms with Crippen molar-refractivity contribution in [2.45, 2.75) is 10.8 Å². The maximum Gasteiger partial charge on any atom is 0.127 e. The minimum atomic E-state index is 0.866. The second-order valence-corrected chi connectivity index (χ2v) is 7.66. The number of thioether (sulfide) groups is 1. The van der Waals surface area contributed by atoms with Gasteiger partial charge in [-0.3, -0.25) is 0 Å². The van der Waals surface area contributed by atoms with Gasteiger partial charge in [0.15, 0.2) is 0 Å². The van der Waals surface area contributed by atoms with Gasteiger partial charge in [0.25, 0.3) is 0 Å². The van der Waals surface area contributed by atoms with E-state index in [-0.39, 0.29) is 0 Å². The molecule has 0 fully saturated rings. The molecule has 0 radical (unpaired) electrons. The van der Waals surface area contributed by atoms with Gasteiger partial charge in [0.1, 0.15) is 10.7 Å². The Bertz CT molecular complexity index is 1260. The SMILES string of the molecule is c1ccc(-c2nnc(SCc3cccc4ccccc34)c3ccccc23)cc1. The molecule has 0 unspecified atom stereocenters. The summed E-state index contributed by atoms with van der Waals surface area (Å²) >= 11 is 1.75. The van der Waals surface area contributed by atoms with E-state index in [1.165, 1.54) is 16.3 Å². The van der Waals surface area contributed by atoms with E-state index in [0.717, 1.165) is 32.8 Å². The van der Waals surface area contributed by atoms with Crippen molar-refractivity contribution in [1.29, 1.82) is 0 Å². The molecular formula is C25H18N2S. The summed E-state index contributed by atoms with van der Waals surface area (Å²) in [6, 6.07) is 33.7. The molecule has 5 aromatic rings. The van der Waals surface area contributed by atoms with Gasteiger partial charge in [0.05, 0.1) is 0 Å². The molecule has 0 aliphatic carbocycles. The second kappa shape index (κ2) is 7.45. The third-order valence-electron chi connectivity index (χ3n) is 4.94.